The van der Waals surface area contributed by atoms with Gasteiger partial charge in [-0.25, -0.2) is 4.98 Å². The minimum atomic E-state index is -4.37. The summed E-state index contributed by atoms with van der Waals surface area (Å²) in [5.41, 5.74) is 5.45. The SMILES string of the molecule is Nc1cc(Cn2cc(C(F)(F)F)cn2)ccn1. The molecule has 2 N–H and O–H groups in total. The van der Waals surface area contributed by atoms with E-state index in [4.69, 9.17) is 5.73 Å². The number of hydrogen-bond acceptors (Lipinski definition) is 3. The van der Waals surface area contributed by atoms with Gasteiger partial charge in [-0.15, -0.1) is 0 Å². The van der Waals surface area contributed by atoms with Crippen LogP contribution in [-0.4, -0.2) is 14.8 Å². The summed E-state index contributed by atoms with van der Waals surface area (Å²) in [6.07, 6.45) is -1.12. The predicted octanol–water partition coefficient (Wildman–Crippen LogP) is 1.93. The van der Waals surface area contributed by atoms with Crippen molar-refractivity contribution in [2.45, 2.75) is 12.7 Å². The van der Waals surface area contributed by atoms with Crippen molar-refractivity contribution < 1.29 is 13.2 Å². The van der Waals surface area contributed by atoms with Gasteiger partial charge in [0.15, 0.2) is 0 Å². The number of nitrogen functional groups attached to an aromatic ring is 1. The first-order valence-electron chi connectivity index (χ1n) is 4.75. The Morgan fingerprint density at radius 2 is 2.12 bits per heavy atom. The molecule has 0 amide bonds. The lowest BCUT2D eigenvalue weighted by molar-refractivity contribution is -0.137. The van der Waals surface area contributed by atoms with E-state index < -0.39 is 11.7 Å². The summed E-state index contributed by atoms with van der Waals surface area (Å²) >= 11 is 0. The molecule has 0 unspecified atom stereocenters. The summed E-state index contributed by atoms with van der Waals surface area (Å²) in [6, 6.07) is 3.26. The van der Waals surface area contributed by atoms with Crippen molar-refractivity contribution in [2.24, 2.45) is 0 Å². The third kappa shape index (κ3) is 2.74. The Hall–Kier alpha value is -2.05. The van der Waals surface area contributed by atoms with E-state index in [-0.39, 0.29) is 6.54 Å². The fraction of sp³-hybridized carbons (Fsp3) is 0.200. The van der Waals surface area contributed by atoms with Gasteiger partial charge in [0.2, 0.25) is 0 Å². The van der Waals surface area contributed by atoms with Gasteiger partial charge in [-0.2, -0.15) is 18.3 Å². The summed E-state index contributed by atoms with van der Waals surface area (Å²) in [4.78, 5) is 3.79. The summed E-state index contributed by atoms with van der Waals surface area (Å²) in [5.74, 6) is 0.325. The standard InChI is InChI=1S/C10H9F3N4/c11-10(12,13)8-4-16-17(6-8)5-7-1-2-15-9(14)3-7/h1-4,6H,5H2,(H2,14,15). The average Bonchev–Trinajstić information content (AvgIpc) is 2.65. The van der Waals surface area contributed by atoms with Crippen molar-refractivity contribution in [3.63, 3.8) is 0 Å². The van der Waals surface area contributed by atoms with E-state index in [9.17, 15) is 13.2 Å². The Morgan fingerprint density at radius 1 is 1.35 bits per heavy atom. The van der Waals surface area contributed by atoms with Gasteiger partial charge < -0.3 is 5.73 Å². The van der Waals surface area contributed by atoms with Crippen LogP contribution in [0.4, 0.5) is 19.0 Å². The summed E-state index contributed by atoms with van der Waals surface area (Å²) in [7, 11) is 0. The van der Waals surface area contributed by atoms with E-state index >= 15 is 0 Å². The topological polar surface area (TPSA) is 56.7 Å². The van der Waals surface area contributed by atoms with Crippen LogP contribution >= 0.6 is 0 Å². The Kier molecular flexibility index (Phi) is 2.74. The molecule has 0 saturated heterocycles. The monoisotopic (exact) mass is 242 g/mol. The predicted molar refractivity (Wildman–Crippen MR) is 55.0 cm³/mol. The number of aromatic nitrogens is 3. The molecule has 0 spiro atoms. The van der Waals surface area contributed by atoms with Crippen LogP contribution < -0.4 is 5.73 Å². The number of nitrogens with two attached hydrogens (primary N) is 1. The van der Waals surface area contributed by atoms with Gasteiger partial charge in [-0.05, 0) is 17.7 Å². The van der Waals surface area contributed by atoms with E-state index in [0.717, 1.165) is 18.0 Å². The zero-order chi connectivity index (χ0) is 12.5. The van der Waals surface area contributed by atoms with Crippen LogP contribution in [0.15, 0.2) is 30.7 Å². The van der Waals surface area contributed by atoms with Crippen LogP contribution in [0, 0.1) is 0 Å². The second-order valence-electron chi connectivity index (χ2n) is 3.51. The van der Waals surface area contributed by atoms with Crippen LogP contribution in [-0.2, 0) is 12.7 Å². The highest BCUT2D eigenvalue weighted by molar-refractivity contribution is 5.31. The van der Waals surface area contributed by atoms with Gasteiger partial charge in [0, 0.05) is 12.4 Å². The van der Waals surface area contributed by atoms with E-state index in [1.165, 1.54) is 10.9 Å². The van der Waals surface area contributed by atoms with Crippen molar-refractivity contribution in [1.82, 2.24) is 14.8 Å². The van der Waals surface area contributed by atoms with Gasteiger partial charge in [0.25, 0.3) is 0 Å². The third-order valence-electron chi connectivity index (χ3n) is 2.15. The molecule has 0 aromatic carbocycles. The molecule has 2 aromatic heterocycles. The smallest absolute Gasteiger partial charge is 0.384 e. The van der Waals surface area contributed by atoms with Crippen LogP contribution in [0.5, 0.6) is 0 Å². The zero-order valence-corrected chi connectivity index (χ0v) is 8.65. The first kappa shape index (κ1) is 11.4. The molecule has 2 aromatic rings. The van der Waals surface area contributed by atoms with Crippen LogP contribution in [0.2, 0.25) is 0 Å². The first-order chi connectivity index (χ1) is 7.95. The van der Waals surface area contributed by atoms with Crippen molar-refractivity contribution in [3.8, 4) is 0 Å². The lowest BCUT2D eigenvalue weighted by Crippen LogP contribution is -2.04. The number of rotatable bonds is 2. The largest absolute Gasteiger partial charge is 0.419 e. The summed E-state index contributed by atoms with van der Waals surface area (Å²) < 4.78 is 38.2. The molecule has 0 saturated carbocycles. The van der Waals surface area contributed by atoms with Gasteiger partial charge in [-0.1, -0.05) is 0 Å². The van der Waals surface area contributed by atoms with Crippen molar-refractivity contribution in [1.29, 1.82) is 0 Å². The number of halogens is 3. The number of pyridine rings is 1. The van der Waals surface area contributed by atoms with E-state index in [1.54, 1.807) is 12.1 Å². The second kappa shape index (κ2) is 4.08. The Balaban J connectivity index is 2.17. The third-order valence-corrected chi connectivity index (χ3v) is 2.15. The highest BCUT2D eigenvalue weighted by atomic mass is 19.4. The quantitative estimate of drug-likeness (QED) is 0.875. The maximum atomic E-state index is 12.3. The molecule has 2 heterocycles. The maximum Gasteiger partial charge on any atom is 0.419 e. The number of hydrogen-bond donors (Lipinski definition) is 1. The molecular formula is C10H9F3N4. The Morgan fingerprint density at radius 3 is 2.71 bits per heavy atom. The fourth-order valence-electron chi connectivity index (χ4n) is 1.38. The molecule has 17 heavy (non-hydrogen) atoms. The molecule has 4 nitrogen and oxygen atoms in total. The summed E-state index contributed by atoms with van der Waals surface area (Å²) in [5, 5.41) is 3.64. The summed E-state index contributed by atoms with van der Waals surface area (Å²) in [6.45, 7) is 0.225. The van der Waals surface area contributed by atoms with E-state index in [1.807, 2.05) is 0 Å². The zero-order valence-electron chi connectivity index (χ0n) is 8.65. The molecule has 0 aliphatic heterocycles. The molecule has 0 radical (unpaired) electrons. The fourth-order valence-corrected chi connectivity index (χ4v) is 1.38. The molecule has 0 atom stereocenters. The number of anilines is 1. The van der Waals surface area contributed by atoms with Crippen LogP contribution in [0.25, 0.3) is 0 Å². The van der Waals surface area contributed by atoms with Crippen LogP contribution in [0.1, 0.15) is 11.1 Å². The molecule has 0 fully saturated rings. The minimum Gasteiger partial charge on any atom is -0.384 e. The average molecular weight is 242 g/mol. The van der Waals surface area contributed by atoms with Crippen LogP contribution in [0.3, 0.4) is 0 Å². The Labute approximate surface area is 94.9 Å². The first-order valence-corrected chi connectivity index (χ1v) is 4.75. The minimum absolute atomic E-state index is 0.225. The van der Waals surface area contributed by atoms with Gasteiger partial charge in [0.1, 0.15) is 5.82 Å². The normalized spacial score (nSPS) is 11.7. The highest BCUT2D eigenvalue weighted by Crippen LogP contribution is 2.28. The number of nitrogens with zero attached hydrogens (tertiary/aromatic N) is 3. The number of alkyl halides is 3. The molecule has 90 valence electrons. The molecule has 2 rings (SSSR count). The van der Waals surface area contributed by atoms with Gasteiger partial charge in [0.05, 0.1) is 18.3 Å². The molecule has 0 bridgehead atoms. The molecular weight excluding hydrogens is 233 g/mol. The molecule has 7 heteroatoms. The van der Waals surface area contributed by atoms with Crippen molar-refractivity contribution in [2.75, 3.05) is 5.73 Å². The lowest BCUT2D eigenvalue weighted by Gasteiger charge is -2.03. The Bertz CT molecular complexity index is 518. The van der Waals surface area contributed by atoms with Gasteiger partial charge in [-0.3, -0.25) is 4.68 Å². The molecule has 0 aliphatic carbocycles. The maximum absolute atomic E-state index is 12.3. The van der Waals surface area contributed by atoms with E-state index in [0.29, 0.717) is 5.82 Å². The second-order valence-corrected chi connectivity index (χ2v) is 3.51. The molecule has 0 aliphatic rings. The van der Waals surface area contributed by atoms with Crippen molar-refractivity contribution in [3.05, 3.63) is 41.9 Å². The van der Waals surface area contributed by atoms with Crippen molar-refractivity contribution >= 4 is 5.82 Å². The lowest BCUT2D eigenvalue weighted by atomic mass is 10.2. The van der Waals surface area contributed by atoms with Gasteiger partial charge >= 0.3 is 6.18 Å². The van der Waals surface area contributed by atoms with E-state index in [2.05, 4.69) is 10.1 Å². The highest BCUT2D eigenvalue weighted by Gasteiger charge is 2.32.